The number of benzene rings is 1. The number of likely N-dealkylation sites (tertiary alicyclic amines) is 1. The van der Waals surface area contributed by atoms with Crippen LogP contribution < -0.4 is 10.6 Å². The fraction of sp³-hybridized carbons (Fsp3) is 0.312. The first kappa shape index (κ1) is 15.6. The van der Waals surface area contributed by atoms with Crippen molar-refractivity contribution in [3.8, 4) is 12.3 Å². The maximum absolute atomic E-state index is 12.0. The van der Waals surface area contributed by atoms with E-state index < -0.39 is 0 Å². The molecule has 1 aliphatic heterocycles. The van der Waals surface area contributed by atoms with E-state index in [2.05, 4.69) is 16.6 Å². The first-order valence-electron chi connectivity index (χ1n) is 7.00. The fourth-order valence-electron chi connectivity index (χ4n) is 2.25. The quantitative estimate of drug-likeness (QED) is 0.782. The molecule has 0 aliphatic carbocycles. The number of nitrogens with one attached hydrogen (secondary N) is 2. The summed E-state index contributed by atoms with van der Waals surface area (Å²) in [5.74, 6) is 1.62. The summed E-state index contributed by atoms with van der Waals surface area (Å²) in [6, 6.07) is 6.65. The summed E-state index contributed by atoms with van der Waals surface area (Å²) in [4.78, 5) is 37.0. The molecule has 1 aromatic rings. The van der Waals surface area contributed by atoms with Gasteiger partial charge in [0.2, 0.25) is 11.8 Å². The molecular weight excluding hydrogens is 282 g/mol. The third kappa shape index (κ3) is 3.85. The zero-order valence-corrected chi connectivity index (χ0v) is 12.1. The Bertz CT molecular complexity index is 634. The molecule has 22 heavy (non-hydrogen) atoms. The molecule has 0 aromatic heterocycles. The molecule has 3 amide bonds. The summed E-state index contributed by atoms with van der Waals surface area (Å²) in [6.07, 6.45) is 6.37. The van der Waals surface area contributed by atoms with Crippen molar-refractivity contribution in [1.29, 1.82) is 0 Å². The van der Waals surface area contributed by atoms with E-state index in [0.717, 1.165) is 6.42 Å². The molecule has 0 bridgehead atoms. The van der Waals surface area contributed by atoms with Gasteiger partial charge in [-0.25, -0.2) is 0 Å². The van der Waals surface area contributed by atoms with Gasteiger partial charge in [-0.3, -0.25) is 14.4 Å². The molecule has 6 nitrogen and oxygen atoms in total. The third-order valence-corrected chi connectivity index (χ3v) is 3.30. The van der Waals surface area contributed by atoms with Crippen molar-refractivity contribution in [2.45, 2.75) is 12.8 Å². The summed E-state index contributed by atoms with van der Waals surface area (Å²) in [6.45, 7) is 0.707. The molecule has 0 unspecified atom stereocenters. The smallest absolute Gasteiger partial charge is 0.254 e. The van der Waals surface area contributed by atoms with E-state index in [1.54, 1.807) is 24.3 Å². The number of terminal acetylenes is 1. The van der Waals surface area contributed by atoms with E-state index >= 15 is 0 Å². The van der Waals surface area contributed by atoms with Gasteiger partial charge in [-0.1, -0.05) is 18.1 Å². The van der Waals surface area contributed by atoms with Gasteiger partial charge < -0.3 is 15.5 Å². The zero-order chi connectivity index (χ0) is 15.9. The summed E-state index contributed by atoms with van der Waals surface area (Å²) >= 11 is 0. The van der Waals surface area contributed by atoms with Gasteiger partial charge in [0.25, 0.3) is 5.91 Å². The molecule has 1 heterocycles. The number of nitrogens with zero attached hydrogens (tertiary/aromatic N) is 1. The lowest BCUT2D eigenvalue weighted by Gasteiger charge is -2.16. The van der Waals surface area contributed by atoms with Crippen molar-refractivity contribution in [2.75, 3.05) is 25.0 Å². The van der Waals surface area contributed by atoms with E-state index in [0.29, 0.717) is 24.2 Å². The SMILES string of the molecule is C#CCNC(=O)c1ccccc1NC(=O)CN1CCCC1=O. The number of rotatable bonds is 5. The van der Waals surface area contributed by atoms with Gasteiger partial charge in [-0.2, -0.15) is 0 Å². The average molecular weight is 299 g/mol. The first-order valence-corrected chi connectivity index (χ1v) is 7.00. The summed E-state index contributed by atoms with van der Waals surface area (Å²) in [5, 5.41) is 5.22. The summed E-state index contributed by atoms with van der Waals surface area (Å²) in [7, 11) is 0. The molecule has 1 saturated heterocycles. The topological polar surface area (TPSA) is 78.5 Å². The van der Waals surface area contributed by atoms with Crippen molar-refractivity contribution in [1.82, 2.24) is 10.2 Å². The van der Waals surface area contributed by atoms with Crippen LogP contribution in [0.15, 0.2) is 24.3 Å². The van der Waals surface area contributed by atoms with Crippen LogP contribution in [-0.4, -0.2) is 42.3 Å². The van der Waals surface area contributed by atoms with Crippen LogP contribution in [-0.2, 0) is 9.59 Å². The number of amides is 3. The minimum atomic E-state index is -0.355. The standard InChI is InChI=1S/C16H17N3O3/c1-2-9-17-16(22)12-6-3-4-7-13(12)18-14(20)11-19-10-5-8-15(19)21/h1,3-4,6-7H,5,8-11H2,(H,17,22)(H,18,20). The molecule has 1 aliphatic rings. The van der Waals surface area contributed by atoms with Crippen molar-refractivity contribution in [2.24, 2.45) is 0 Å². The number of anilines is 1. The number of carbonyl (C=O) groups is 3. The van der Waals surface area contributed by atoms with E-state index in [-0.39, 0.29) is 30.8 Å². The first-order chi connectivity index (χ1) is 10.6. The molecular formula is C16H17N3O3. The van der Waals surface area contributed by atoms with Gasteiger partial charge in [-0.15, -0.1) is 6.42 Å². The van der Waals surface area contributed by atoms with Gasteiger partial charge in [0.15, 0.2) is 0 Å². The fourth-order valence-corrected chi connectivity index (χ4v) is 2.25. The third-order valence-electron chi connectivity index (χ3n) is 3.30. The van der Waals surface area contributed by atoms with Crippen LogP contribution in [0, 0.1) is 12.3 Å². The normalized spacial score (nSPS) is 13.6. The van der Waals surface area contributed by atoms with Gasteiger partial charge in [0, 0.05) is 13.0 Å². The lowest BCUT2D eigenvalue weighted by atomic mass is 10.1. The van der Waals surface area contributed by atoms with E-state index in [1.165, 1.54) is 4.90 Å². The Morgan fingerprint density at radius 1 is 1.32 bits per heavy atom. The molecule has 1 fully saturated rings. The molecule has 2 N–H and O–H groups in total. The lowest BCUT2D eigenvalue weighted by Crippen LogP contribution is -2.34. The molecule has 0 spiro atoms. The van der Waals surface area contributed by atoms with Gasteiger partial charge in [-0.05, 0) is 18.6 Å². The molecule has 1 aromatic carbocycles. The minimum absolute atomic E-state index is 0.000851. The van der Waals surface area contributed by atoms with Crippen LogP contribution in [0.5, 0.6) is 0 Å². The second kappa shape index (κ2) is 7.27. The van der Waals surface area contributed by atoms with Gasteiger partial charge in [0.05, 0.1) is 24.3 Å². The van der Waals surface area contributed by atoms with Crippen molar-refractivity contribution in [3.63, 3.8) is 0 Å². The van der Waals surface area contributed by atoms with Gasteiger partial charge in [0.1, 0.15) is 0 Å². The lowest BCUT2D eigenvalue weighted by molar-refractivity contribution is -0.131. The van der Waals surface area contributed by atoms with E-state index in [9.17, 15) is 14.4 Å². The Morgan fingerprint density at radius 2 is 2.09 bits per heavy atom. The van der Waals surface area contributed by atoms with Crippen LogP contribution >= 0.6 is 0 Å². The van der Waals surface area contributed by atoms with E-state index in [4.69, 9.17) is 6.42 Å². The Kier molecular flexibility index (Phi) is 5.15. The summed E-state index contributed by atoms with van der Waals surface area (Å²) in [5.41, 5.74) is 0.729. The predicted molar refractivity (Wildman–Crippen MR) is 82.1 cm³/mol. The number of carbonyl (C=O) groups excluding carboxylic acids is 3. The Labute approximate surface area is 128 Å². The summed E-state index contributed by atoms with van der Waals surface area (Å²) < 4.78 is 0. The second-order valence-electron chi connectivity index (χ2n) is 4.90. The predicted octanol–water partition coefficient (Wildman–Crippen LogP) is 0.610. The Hall–Kier alpha value is -2.81. The number of hydrogen-bond donors (Lipinski definition) is 2. The molecule has 0 saturated carbocycles. The zero-order valence-electron chi connectivity index (χ0n) is 12.1. The maximum atomic E-state index is 12.0. The van der Waals surface area contributed by atoms with Crippen LogP contribution in [0.25, 0.3) is 0 Å². The Morgan fingerprint density at radius 3 is 2.77 bits per heavy atom. The van der Waals surface area contributed by atoms with Crippen molar-refractivity contribution in [3.05, 3.63) is 29.8 Å². The van der Waals surface area contributed by atoms with Gasteiger partial charge >= 0.3 is 0 Å². The molecule has 0 atom stereocenters. The minimum Gasteiger partial charge on any atom is -0.341 e. The Balaban J connectivity index is 2.03. The van der Waals surface area contributed by atoms with Crippen molar-refractivity contribution < 1.29 is 14.4 Å². The largest absolute Gasteiger partial charge is 0.341 e. The average Bonchev–Trinajstić information content (AvgIpc) is 2.90. The molecule has 2 rings (SSSR count). The highest BCUT2D eigenvalue weighted by molar-refractivity contribution is 6.04. The monoisotopic (exact) mass is 299 g/mol. The highest BCUT2D eigenvalue weighted by Crippen LogP contribution is 2.15. The molecule has 114 valence electrons. The van der Waals surface area contributed by atoms with Crippen LogP contribution in [0.2, 0.25) is 0 Å². The number of para-hydroxylation sites is 1. The van der Waals surface area contributed by atoms with E-state index in [1.807, 2.05) is 0 Å². The maximum Gasteiger partial charge on any atom is 0.254 e. The highest BCUT2D eigenvalue weighted by atomic mass is 16.2. The number of hydrogen-bond acceptors (Lipinski definition) is 3. The van der Waals surface area contributed by atoms with Crippen LogP contribution in [0.4, 0.5) is 5.69 Å². The van der Waals surface area contributed by atoms with Crippen LogP contribution in [0.3, 0.4) is 0 Å². The highest BCUT2D eigenvalue weighted by Gasteiger charge is 2.22. The van der Waals surface area contributed by atoms with Crippen LogP contribution in [0.1, 0.15) is 23.2 Å². The molecule has 0 radical (unpaired) electrons. The molecule has 6 heteroatoms. The van der Waals surface area contributed by atoms with Crippen molar-refractivity contribution >= 4 is 23.4 Å². The second-order valence-corrected chi connectivity index (χ2v) is 4.90.